The molecule has 74 valence electrons. The molecule has 0 bridgehead atoms. The molecule has 0 aromatic carbocycles. The van der Waals surface area contributed by atoms with E-state index in [0.29, 0.717) is 5.57 Å². The maximum Gasteiger partial charge on any atom is 0.101 e. The van der Waals surface area contributed by atoms with Crippen LogP contribution >= 0.6 is 0 Å². The Morgan fingerprint density at radius 1 is 1.07 bits per heavy atom. The zero-order chi connectivity index (χ0) is 11.5. The van der Waals surface area contributed by atoms with Crippen LogP contribution in [-0.4, -0.2) is 6.21 Å². The van der Waals surface area contributed by atoms with Gasteiger partial charge in [-0.3, -0.25) is 0 Å². The van der Waals surface area contributed by atoms with Gasteiger partial charge in [-0.25, -0.2) is 0 Å². The van der Waals surface area contributed by atoms with Gasteiger partial charge in [0.1, 0.15) is 12.1 Å². The number of hydrogen-bond acceptors (Lipinski definition) is 4. The van der Waals surface area contributed by atoms with Crippen LogP contribution in [0.4, 0.5) is 0 Å². The van der Waals surface area contributed by atoms with E-state index in [-0.39, 0.29) is 5.57 Å². The highest BCUT2D eigenvalue weighted by Crippen LogP contribution is 1.93. The Hall–Kier alpha value is -2.59. The lowest BCUT2D eigenvalue weighted by Crippen LogP contribution is -1.81. The van der Waals surface area contributed by atoms with Crippen molar-refractivity contribution in [1.29, 1.82) is 15.9 Å². The lowest BCUT2D eigenvalue weighted by atomic mass is 10.2. The third-order valence-corrected chi connectivity index (χ3v) is 1.37. The summed E-state index contributed by atoms with van der Waals surface area (Å²) in [6, 6.07) is 3.72. The fourth-order valence-corrected chi connectivity index (χ4v) is 0.630. The molecule has 0 unspecified atom stereocenters. The van der Waals surface area contributed by atoms with Gasteiger partial charge in [0, 0.05) is 12.4 Å². The van der Waals surface area contributed by atoms with E-state index in [0.717, 1.165) is 6.21 Å². The summed E-state index contributed by atoms with van der Waals surface area (Å²) in [4.78, 5) is 0. The average molecular weight is 198 g/mol. The maximum atomic E-state index is 8.49. The van der Waals surface area contributed by atoms with E-state index < -0.39 is 0 Å². The molecule has 15 heavy (non-hydrogen) atoms. The van der Waals surface area contributed by atoms with Crippen molar-refractivity contribution in [2.75, 3.05) is 0 Å². The minimum Gasteiger partial charge on any atom is -0.404 e. The first-order chi connectivity index (χ1) is 7.28. The van der Waals surface area contributed by atoms with Crippen molar-refractivity contribution in [1.82, 2.24) is 0 Å². The average Bonchev–Trinajstić information content (AvgIpc) is 2.29. The molecule has 0 amide bonds. The first-order valence-corrected chi connectivity index (χ1v) is 4.06. The van der Waals surface area contributed by atoms with E-state index in [1.54, 1.807) is 24.3 Å². The monoisotopic (exact) mass is 198 g/mol. The van der Waals surface area contributed by atoms with Gasteiger partial charge < -0.3 is 11.1 Å². The highest BCUT2D eigenvalue weighted by Gasteiger charge is 1.83. The summed E-state index contributed by atoms with van der Waals surface area (Å²) in [5.74, 6) is 0. The SMILES string of the molecule is N#C\C(C=N)=C/C=C/C=C/C(C#N)=C/N. The minimum absolute atomic E-state index is 0.259. The molecule has 0 rings (SSSR count). The first kappa shape index (κ1) is 12.4. The predicted octanol–water partition coefficient (Wildman–Crippen LogP) is 1.56. The molecule has 0 radical (unpaired) electrons. The van der Waals surface area contributed by atoms with Gasteiger partial charge in [-0.15, -0.1) is 0 Å². The molecule has 0 heterocycles. The molecule has 0 fully saturated rings. The zero-order valence-corrected chi connectivity index (χ0v) is 8.01. The highest BCUT2D eigenvalue weighted by atomic mass is 14.5. The van der Waals surface area contributed by atoms with Crippen LogP contribution in [0, 0.1) is 28.1 Å². The van der Waals surface area contributed by atoms with Crippen LogP contribution in [0.25, 0.3) is 0 Å². The fourth-order valence-electron chi connectivity index (χ4n) is 0.630. The molecule has 0 aliphatic rings. The zero-order valence-electron chi connectivity index (χ0n) is 8.01. The molecule has 4 heteroatoms. The Kier molecular flexibility index (Phi) is 6.64. The van der Waals surface area contributed by atoms with Crippen molar-refractivity contribution < 1.29 is 0 Å². The van der Waals surface area contributed by atoms with Crippen molar-refractivity contribution in [3.05, 3.63) is 47.7 Å². The van der Waals surface area contributed by atoms with Crippen LogP contribution in [0.2, 0.25) is 0 Å². The molecule has 0 aromatic rings. The minimum atomic E-state index is 0.259. The summed E-state index contributed by atoms with van der Waals surface area (Å²) < 4.78 is 0. The van der Waals surface area contributed by atoms with Crippen LogP contribution in [0.15, 0.2) is 47.7 Å². The quantitative estimate of drug-likeness (QED) is 0.407. The second-order valence-corrected chi connectivity index (χ2v) is 2.36. The van der Waals surface area contributed by atoms with Gasteiger partial charge in [-0.2, -0.15) is 10.5 Å². The summed E-state index contributed by atoms with van der Waals surface area (Å²) in [5.41, 5.74) is 5.76. The highest BCUT2D eigenvalue weighted by molar-refractivity contribution is 5.81. The molecule has 3 N–H and O–H groups in total. The summed E-state index contributed by atoms with van der Waals surface area (Å²) >= 11 is 0. The summed E-state index contributed by atoms with van der Waals surface area (Å²) in [7, 11) is 0. The van der Waals surface area contributed by atoms with Crippen molar-refractivity contribution in [3.63, 3.8) is 0 Å². The van der Waals surface area contributed by atoms with Gasteiger partial charge >= 0.3 is 0 Å². The Bertz CT molecular complexity index is 411. The standard InChI is InChI=1S/C11H10N4/c12-6-10(7-13)4-2-1-3-5-11(8-14)9-15/h1-6,8,12H,14H2/b2-1+,5-3+,10-4-,11-8-,12-6?. The van der Waals surface area contributed by atoms with Crippen LogP contribution < -0.4 is 5.73 Å². The Balaban J connectivity index is 4.37. The normalized spacial score (nSPS) is 12.7. The number of nitrogens with one attached hydrogen (secondary N) is 1. The van der Waals surface area contributed by atoms with E-state index in [4.69, 9.17) is 21.7 Å². The number of allylic oxidation sites excluding steroid dienone is 7. The van der Waals surface area contributed by atoms with Gasteiger partial charge in [-0.1, -0.05) is 18.2 Å². The number of hydrogen-bond donors (Lipinski definition) is 2. The van der Waals surface area contributed by atoms with Gasteiger partial charge in [0.2, 0.25) is 0 Å². The lowest BCUT2D eigenvalue weighted by Gasteiger charge is -1.81. The van der Waals surface area contributed by atoms with Gasteiger partial charge in [0.15, 0.2) is 0 Å². The van der Waals surface area contributed by atoms with Crippen LogP contribution in [0.1, 0.15) is 0 Å². The number of nitrogens with two attached hydrogens (primary N) is 1. The Labute approximate surface area is 88.4 Å². The second kappa shape index (κ2) is 8.03. The van der Waals surface area contributed by atoms with Crippen LogP contribution in [-0.2, 0) is 0 Å². The third-order valence-electron chi connectivity index (χ3n) is 1.37. The molecule has 0 atom stereocenters. The Morgan fingerprint density at radius 2 is 1.73 bits per heavy atom. The number of rotatable bonds is 4. The number of nitriles is 2. The van der Waals surface area contributed by atoms with Gasteiger partial charge in [0.05, 0.1) is 11.1 Å². The summed E-state index contributed by atoms with van der Waals surface area (Å²) in [6.45, 7) is 0. The van der Waals surface area contributed by atoms with Crippen LogP contribution in [0.5, 0.6) is 0 Å². The molecular formula is C11H10N4. The second-order valence-electron chi connectivity index (χ2n) is 2.36. The smallest absolute Gasteiger partial charge is 0.101 e. The van der Waals surface area contributed by atoms with E-state index in [2.05, 4.69) is 0 Å². The molecule has 0 aromatic heterocycles. The summed E-state index contributed by atoms with van der Waals surface area (Å²) in [5, 5.41) is 23.8. The fraction of sp³-hybridized carbons (Fsp3) is 0. The van der Waals surface area contributed by atoms with Gasteiger partial charge in [-0.05, 0) is 12.2 Å². The number of nitrogens with zero attached hydrogens (tertiary/aromatic N) is 2. The molecule has 0 aliphatic carbocycles. The van der Waals surface area contributed by atoms with Crippen molar-refractivity contribution in [2.24, 2.45) is 5.73 Å². The Morgan fingerprint density at radius 3 is 2.20 bits per heavy atom. The van der Waals surface area contributed by atoms with Gasteiger partial charge in [0.25, 0.3) is 0 Å². The molecule has 4 nitrogen and oxygen atoms in total. The molecule has 0 saturated heterocycles. The molecule has 0 saturated carbocycles. The largest absolute Gasteiger partial charge is 0.404 e. The van der Waals surface area contributed by atoms with Crippen molar-refractivity contribution in [3.8, 4) is 12.1 Å². The van der Waals surface area contributed by atoms with Crippen molar-refractivity contribution >= 4 is 6.21 Å². The van der Waals surface area contributed by atoms with E-state index in [9.17, 15) is 0 Å². The third kappa shape index (κ3) is 5.62. The van der Waals surface area contributed by atoms with E-state index in [1.807, 2.05) is 12.1 Å². The van der Waals surface area contributed by atoms with E-state index in [1.165, 1.54) is 12.3 Å². The molecular weight excluding hydrogens is 188 g/mol. The van der Waals surface area contributed by atoms with E-state index >= 15 is 0 Å². The maximum absolute atomic E-state index is 8.49. The predicted molar refractivity (Wildman–Crippen MR) is 58.6 cm³/mol. The topological polar surface area (TPSA) is 97.5 Å². The molecule has 0 spiro atoms. The van der Waals surface area contributed by atoms with Crippen LogP contribution in [0.3, 0.4) is 0 Å². The lowest BCUT2D eigenvalue weighted by molar-refractivity contribution is 1.46. The van der Waals surface area contributed by atoms with Crippen molar-refractivity contribution in [2.45, 2.75) is 0 Å². The molecule has 0 aliphatic heterocycles. The summed E-state index contributed by atoms with van der Waals surface area (Å²) in [6.07, 6.45) is 10.1. The first-order valence-electron chi connectivity index (χ1n) is 4.06.